The molecule has 0 spiro atoms. The van der Waals surface area contributed by atoms with Gasteiger partial charge in [0.05, 0.1) is 6.54 Å². The number of nitrogens with one attached hydrogen (secondary N) is 1. The molecule has 1 amide bonds. The fourth-order valence-electron chi connectivity index (χ4n) is 3.94. The van der Waals surface area contributed by atoms with E-state index in [1.165, 1.54) is 22.4 Å². The summed E-state index contributed by atoms with van der Waals surface area (Å²) in [5.74, 6) is 0.792. The molecule has 4 heteroatoms. The van der Waals surface area contributed by atoms with Gasteiger partial charge in [0.1, 0.15) is 12.4 Å². The molecule has 4 nitrogen and oxygen atoms in total. The molecule has 0 aliphatic carbocycles. The van der Waals surface area contributed by atoms with E-state index in [-0.39, 0.29) is 5.91 Å². The lowest BCUT2D eigenvalue weighted by Crippen LogP contribution is -2.28. The van der Waals surface area contributed by atoms with Gasteiger partial charge in [-0.1, -0.05) is 48.0 Å². The van der Waals surface area contributed by atoms with Gasteiger partial charge in [-0.2, -0.15) is 0 Å². The molecule has 0 saturated carbocycles. The third-order valence-electron chi connectivity index (χ3n) is 5.55. The first kappa shape index (κ1) is 20.0. The SMILES string of the molecule is Cc1ccc(OCCNC(=O)c2ccc(CN3CCc4ccccc43)cc2)c(C)c1. The van der Waals surface area contributed by atoms with E-state index in [1.807, 2.05) is 43.3 Å². The number of ether oxygens (including phenoxy) is 1. The average Bonchev–Trinajstić information content (AvgIpc) is 3.16. The van der Waals surface area contributed by atoms with Gasteiger partial charge in [0.15, 0.2) is 0 Å². The number of fused-ring (bicyclic) bond motifs is 1. The minimum absolute atomic E-state index is 0.0719. The van der Waals surface area contributed by atoms with Crippen LogP contribution in [0.2, 0.25) is 0 Å². The van der Waals surface area contributed by atoms with Crippen molar-refractivity contribution in [2.75, 3.05) is 24.6 Å². The van der Waals surface area contributed by atoms with Crippen molar-refractivity contribution in [2.24, 2.45) is 0 Å². The first-order valence-electron chi connectivity index (χ1n) is 10.5. The van der Waals surface area contributed by atoms with Crippen molar-refractivity contribution in [3.63, 3.8) is 0 Å². The second kappa shape index (κ2) is 9.04. The Hall–Kier alpha value is -3.27. The number of rotatable bonds is 7. The van der Waals surface area contributed by atoms with E-state index in [1.54, 1.807) is 0 Å². The van der Waals surface area contributed by atoms with Gasteiger partial charge in [0.25, 0.3) is 5.91 Å². The molecule has 1 aliphatic rings. The monoisotopic (exact) mass is 400 g/mol. The highest BCUT2D eigenvalue weighted by Crippen LogP contribution is 2.28. The van der Waals surface area contributed by atoms with Crippen molar-refractivity contribution >= 4 is 11.6 Å². The van der Waals surface area contributed by atoms with Crippen molar-refractivity contribution in [2.45, 2.75) is 26.8 Å². The molecular formula is C26H28N2O2. The van der Waals surface area contributed by atoms with Gasteiger partial charge < -0.3 is 15.0 Å². The molecule has 3 aromatic rings. The largest absolute Gasteiger partial charge is 0.491 e. The molecule has 0 saturated heterocycles. The van der Waals surface area contributed by atoms with Crippen molar-refractivity contribution in [1.82, 2.24) is 5.32 Å². The van der Waals surface area contributed by atoms with Gasteiger partial charge >= 0.3 is 0 Å². The van der Waals surface area contributed by atoms with Crippen LogP contribution in [-0.4, -0.2) is 25.6 Å². The molecule has 0 radical (unpaired) electrons. The lowest BCUT2D eigenvalue weighted by molar-refractivity contribution is 0.0947. The Morgan fingerprint density at radius 3 is 2.63 bits per heavy atom. The van der Waals surface area contributed by atoms with Crippen LogP contribution >= 0.6 is 0 Å². The number of carbonyl (C=O) groups excluding carboxylic acids is 1. The molecule has 30 heavy (non-hydrogen) atoms. The Balaban J connectivity index is 1.26. The second-order valence-corrected chi connectivity index (χ2v) is 7.87. The zero-order chi connectivity index (χ0) is 20.9. The molecular weight excluding hydrogens is 372 g/mol. The number of anilines is 1. The maximum atomic E-state index is 12.4. The maximum Gasteiger partial charge on any atom is 0.251 e. The van der Waals surface area contributed by atoms with Crippen LogP contribution in [0, 0.1) is 13.8 Å². The second-order valence-electron chi connectivity index (χ2n) is 7.87. The van der Waals surface area contributed by atoms with Crippen molar-refractivity contribution in [3.05, 3.63) is 94.5 Å². The summed E-state index contributed by atoms with van der Waals surface area (Å²) in [5.41, 5.74) is 6.94. The van der Waals surface area contributed by atoms with Gasteiger partial charge in [-0.15, -0.1) is 0 Å². The standard InChI is InChI=1S/C26H28N2O2/c1-19-7-12-25(20(2)17-19)30-16-14-27-26(29)23-10-8-21(9-11-23)18-28-15-13-22-5-3-4-6-24(22)28/h3-12,17H,13-16,18H2,1-2H3,(H,27,29). The number of nitrogens with zero attached hydrogens (tertiary/aromatic N) is 1. The predicted molar refractivity (Wildman–Crippen MR) is 121 cm³/mol. The Kier molecular flexibility index (Phi) is 6.03. The van der Waals surface area contributed by atoms with E-state index in [0.717, 1.165) is 30.8 Å². The molecule has 154 valence electrons. The Morgan fingerprint density at radius 2 is 1.83 bits per heavy atom. The number of hydrogen-bond acceptors (Lipinski definition) is 3. The lowest BCUT2D eigenvalue weighted by atomic mass is 10.1. The van der Waals surface area contributed by atoms with E-state index in [2.05, 4.69) is 47.5 Å². The fraction of sp³-hybridized carbons (Fsp3) is 0.269. The minimum Gasteiger partial charge on any atom is -0.491 e. The number of hydrogen-bond donors (Lipinski definition) is 1. The van der Waals surface area contributed by atoms with Gasteiger partial charge in [-0.05, 0) is 61.2 Å². The molecule has 1 heterocycles. The van der Waals surface area contributed by atoms with Crippen LogP contribution < -0.4 is 15.0 Å². The zero-order valence-electron chi connectivity index (χ0n) is 17.7. The quantitative estimate of drug-likeness (QED) is 0.586. The summed E-state index contributed by atoms with van der Waals surface area (Å²) in [6.45, 7) is 6.92. The molecule has 0 fully saturated rings. The molecule has 4 rings (SSSR count). The summed E-state index contributed by atoms with van der Waals surface area (Å²) < 4.78 is 5.78. The maximum absolute atomic E-state index is 12.4. The number of aryl methyl sites for hydroxylation is 2. The molecule has 3 aromatic carbocycles. The highest BCUT2D eigenvalue weighted by Gasteiger charge is 2.18. The summed E-state index contributed by atoms with van der Waals surface area (Å²) >= 11 is 0. The van der Waals surface area contributed by atoms with Crippen LogP contribution in [0.4, 0.5) is 5.69 Å². The van der Waals surface area contributed by atoms with E-state index in [0.29, 0.717) is 18.7 Å². The van der Waals surface area contributed by atoms with Crippen LogP contribution in [0.5, 0.6) is 5.75 Å². The number of amides is 1. The Morgan fingerprint density at radius 1 is 1.03 bits per heavy atom. The van der Waals surface area contributed by atoms with Crippen LogP contribution in [-0.2, 0) is 13.0 Å². The Bertz CT molecular complexity index is 1030. The molecule has 1 N–H and O–H groups in total. The lowest BCUT2D eigenvalue weighted by Gasteiger charge is -2.19. The normalized spacial score (nSPS) is 12.5. The van der Waals surface area contributed by atoms with Crippen LogP contribution in [0.3, 0.4) is 0 Å². The number of carbonyl (C=O) groups is 1. The van der Waals surface area contributed by atoms with Crippen LogP contribution in [0.15, 0.2) is 66.7 Å². The molecule has 0 aromatic heterocycles. The first-order valence-corrected chi connectivity index (χ1v) is 10.5. The van der Waals surface area contributed by atoms with E-state index < -0.39 is 0 Å². The summed E-state index contributed by atoms with van der Waals surface area (Å²) in [4.78, 5) is 14.8. The van der Waals surface area contributed by atoms with E-state index in [4.69, 9.17) is 4.74 Å². The third kappa shape index (κ3) is 4.65. The number of benzene rings is 3. The van der Waals surface area contributed by atoms with Crippen molar-refractivity contribution in [1.29, 1.82) is 0 Å². The van der Waals surface area contributed by atoms with E-state index in [9.17, 15) is 4.79 Å². The topological polar surface area (TPSA) is 41.6 Å². The zero-order valence-corrected chi connectivity index (χ0v) is 17.7. The first-order chi connectivity index (χ1) is 14.6. The molecule has 0 unspecified atom stereocenters. The molecule has 0 bridgehead atoms. The van der Waals surface area contributed by atoms with Gasteiger partial charge in [-0.3, -0.25) is 4.79 Å². The van der Waals surface area contributed by atoms with Crippen molar-refractivity contribution < 1.29 is 9.53 Å². The molecule has 0 atom stereocenters. The smallest absolute Gasteiger partial charge is 0.251 e. The predicted octanol–water partition coefficient (Wildman–Crippen LogP) is 4.67. The Labute approximate surface area is 178 Å². The fourth-order valence-corrected chi connectivity index (χ4v) is 3.94. The number of para-hydroxylation sites is 1. The van der Waals surface area contributed by atoms with Gasteiger partial charge in [-0.25, -0.2) is 0 Å². The average molecular weight is 401 g/mol. The summed E-state index contributed by atoms with van der Waals surface area (Å²) in [5, 5.41) is 2.93. The summed E-state index contributed by atoms with van der Waals surface area (Å²) in [6, 6.07) is 22.6. The summed E-state index contributed by atoms with van der Waals surface area (Å²) in [7, 11) is 0. The van der Waals surface area contributed by atoms with Gasteiger partial charge in [0, 0.05) is 24.3 Å². The van der Waals surface area contributed by atoms with Crippen molar-refractivity contribution in [3.8, 4) is 5.75 Å². The van der Waals surface area contributed by atoms with E-state index >= 15 is 0 Å². The summed E-state index contributed by atoms with van der Waals surface area (Å²) in [6.07, 6.45) is 1.10. The van der Waals surface area contributed by atoms with Gasteiger partial charge in [0.2, 0.25) is 0 Å². The minimum atomic E-state index is -0.0719. The molecule has 1 aliphatic heterocycles. The highest BCUT2D eigenvalue weighted by molar-refractivity contribution is 5.94. The third-order valence-corrected chi connectivity index (χ3v) is 5.55. The highest BCUT2D eigenvalue weighted by atomic mass is 16.5. The van der Waals surface area contributed by atoms with Crippen LogP contribution in [0.25, 0.3) is 0 Å². The van der Waals surface area contributed by atoms with Crippen LogP contribution in [0.1, 0.15) is 32.6 Å².